The van der Waals surface area contributed by atoms with E-state index in [9.17, 15) is 0 Å². The van der Waals surface area contributed by atoms with Gasteiger partial charge >= 0.3 is 0 Å². The highest BCUT2D eigenvalue weighted by Gasteiger charge is 2.20. The lowest BCUT2D eigenvalue weighted by atomic mass is 10.0. The van der Waals surface area contributed by atoms with E-state index in [-0.39, 0.29) is 0 Å². The van der Waals surface area contributed by atoms with E-state index in [4.69, 9.17) is 9.97 Å². The van der Waals surface area contributed by atoms with Gasteiger partial charge in [-0.25, -0.2) is 4.98 Å². The molecule has 0 amide bonds. The Labute approximate surface area is 198 Å². The normalized spacial score (nSPS) is 15.1. The minimum absolute atomic E-state index is 0.363. The number of fused-ring (bicyclic) bond motifs is 2. The largest absolute Gasteiger partial charge is 0.351 e. The topological polar surface area (TPSA) is 81.8 Å². The van der Waals surface area contributed by atoms with Crippen LogP contribution in [-0.4, -0.2) is 44.2 Å². The molecule has 0 radical (unpaired) electrons. The standard InChI is InChI=1S/C27H27N7/c1-2-6-19(7-3-1)18-34-14-12-21(13-15-34)30-27-31-24-9-5-4-8-23(24)26(32-27)29-22-11-10-20-17-28-33-25(20)16-22/h1-11,16-17,21H,12-15,18H2,(H,28,33)(H2,29,30,31,32). The molecule has 1 fully saturated rings. The van der Waals surface area contributed by atoms with Gasteiger partial charge in [-0.3, -0.25) is 10.00 Å². The predicted octanol–water partition coefficient (Wildman–Crippen LogP) is 5.33. The second-order valence-electron chi connectivity index (χ2n) is 8.89. The number of nitrogens with zero attached hydrogens (tertiary/aromatic N) is 4. The first-order chi connectivity index (χ1) is 16.8. The van der Waals surface area contributed by atoms with Gasteiger partial charge in [0.05, 0.1) is 17.2 Å². The summed E-state index contributed by atoms with van der Waals surface area (Å²) in [6, 6.07) is 25.3. The SMILES string of the molecule is c1ccc(CN2CCC(Nc3nc(Nc4ccc5cn[nH]c5c4)c4ccccc4n3)CC2)cc1. The molecular weight excluding hydrogens is 422 g/mol. The first-order valence-electron chi connectivity index (χ1n) is 11.8. The lowest BCUT2D eigenvalue weighted by Crippen LogP contribution is -2.39. The molecule has 0 spiro atoms. The smallest absolute Gasteiger partial charge is 0.225 e. The van der Waals surface area contributed by atoms with Crippen LogP contribution in [0.1, 0.15) is 18.4 Å². The number of likely N-dealkylation sites (tertiary alicyclic amines) is 1. The highest BCUT2D eigenvalue weighted by atomic mass is 15.2. The second-order valence-corrected chi connectivity index (χ2v) is 8.89. The Morgan fingerprint density at radius 3 is 2.62 bits per heavy atom. The maximum atomic E-state index is 4.87. The molecular formula is C27H27N7. The number of piperidine rings is 1. The monoisotopic (exact) mass is 449 g/mol. The van der Waals surface area contributed by atoms with Crippen molar-refractivity contribution in [2.24, 2.45) is 0 Å². The molecule has 0 unspecified atom stereocenters. The molecule has 7 heteroatoms. The van der Waals surface area contributed by atoms with Gasteiger partial charge in [-0.1, -0.05) is 42.5 Å². The number of benzene rings is 3. The van der Waals surface area contributed by atoms with Gasteiger partial charge in [0.1, 0.15) is 5.82 Å². The molecule has 1 aliphatic rings. The van der Waals surface area contributed by atoms with Gasteiger partial charge < -0.3 is 10.6 Å². The molecule has 7 nitrogen and oxygen atoms in total. The van der Waals surface area contributed by atoms with Crippen molar-refractivity contribution >= 4 is 39.3 Å². The number of anilines is 3. The molecule has 1 saturated heterocycles. The van der Waals surface area contributed by atoms with Crippen LogP contribution in [0.5, 0.6) is 0 Å². The van der Waals surface area contributed by atoms with Crippen LogP contribution < -0.4 is 10.6 Å². The van der Waals surface area contributed by atoms with E-state index >= 15 is 0 Å². The molecule has 5 aromatic rings. The summed E-state index contributed by atoms with van der Waals surface area (Å²) >= 11 is 0. The molecule has 1 aliphatic heterocycles. The minimum atomic E-state index is 0.363. The summed E-state index contributed by atoms with van der Waals surface area (Å²) in [4.78, 5) is 12.2. The molecule has 2 aromatic heterocycles. The van der Waals surface area contributed by atoms with E-state index in [0.29, 0.717) is 12.0 Å². The summed E-state index contributed by atoms with van der Waals surface area (Å²) in [7, 11) is 0. The molecule has 3 N–H and O–H groups in total. The molecule has 0 aliphatic carbocycles. The van der Waals surface area contributed by atoms with Gasteiger partial charge in [0.2, 0.25) is 5.95 Å². The van der Waals surface area contributed by atoms with Crippen LogP contribution in [0.4, 0.5) is 17.5 Å². The zero-order chi connectivity index (χ0) is 22.7. The lowest BCUT2D eigenvalue weighted by Gasteiger charge is -2.32. The van der Waals surface area contributed by atoms with E-state index in [1.54, 1.807) is 0 Å². The fourth-order valence-corrected chi connectivity index (χ4v) is 4.65. The number of aromatic nitrogens is 4. The Morgan fingerprint density at radius 1 is 0.912 bits per heavy atom. The minimum Gasteiger partial charge on any atom is -0.351 e. The maximum absolute atomic E-state index is 4.87. The van der Waals surface area contributed by atoms with Gasteiger partial charge in [-0.2, -0.15) is 10.1 Å². The van der Waals surface area contributed by atoms with Crippen molar-refractivity contribution in [1.29, 1.82) is 0 Å². The number of rotatable bonds is 6. The van der Waals surface area contributed by atoms with E-state index in [1.165, 1.54) is 5.56 Å². The highest BCUT2D eigenvalue weighted by molar-refractivity contribution is 5.92. The quantitative estimate of drug-likeness (QED) is 0.325. The van der Waals surface area contributed by atoms with Crippen LogP contribution >= 0.6 is 0 Å². The molecule has 0 atom stereocenters. The van der Waals surface area contributed by atoms with Gasteiger partial charge in [-0.15, -0.1) is 0 Å². The Balaban J connectivity index is 1.18. The third-order valence-corrected chi connectivity index (χ3v) is 6.48. The summed E-state index contributed by atoms with van der Waals surface area (Å²) < 4.78 is 0. The van der Waals surface area contributed by atoms with Crippen molar-refractivity contribution in [3.63, 3.8) is 0 Å². The molecule has 170 valence electrons. The molecule has 3 heterocycles. The zero-order valence-corrected chi connectivity index (χ0v) is 18.9. The maximum Gasteiger partial charge on any atom is 0.225 e. The zero-order valence-electron chi connectivity index (χ0n) is 18.9. The van der Waals surface area contributed by atoms with Gasteiger partial charge in [0.15, 0.2) is 0 Å². The summed E-state index contributed by atoms with van der Waals surface area (Å²) in [5.41, 5.74) is 4.24. The Morgan fingerprint density at radius 2 is 1.74 bits per heavy atom. The fourth-order valence-electron chi connectivity index (χ4n) is 4.65. The van der Waals surface area contributed by atoms with E-state index < -0.39 is 0 Å². The molecule has 3 aromatic carbocycles. The van der Waals surface area contributed by atoms with E-state index in [1.807, 2.05) is 36.5 Å². The van der Waals surface area contributed by atoms with Crippen molar-refractivity contribution in [1.82, 2.24) is 25.1 Å². The second kappa shape index (κ2) is 9.11. The van der Waals surface area contributed by atoms with Crippen LogP contribution in [0.25, 0.3) is 21.8 Å². The fraction of sp³-hybridized carbons (Fsp3) is 0.222. The summed E-state index contributed by atoms with van der Waals surface area (Å²) in [6.07, 6.45) is 3.97. The molecule has 0 saturated carbocycles. The van der Waals surface area contributed by atoms with E-state index in [2.05, 4.69) is 68.2 Å². The van der Waals surface area contributed by atoms with Gasteiger partial charge in [0.25, 0.3) is 0 Å². The number of aromatic amines is 1. The van der Waals surface area contributed by atoms with Gasteiger partial charge in [-0.05, 0) is 48.7 Å². The third kappa shape index (κ3) is 4.43. The Hall–Kier alpha value is -3.97. The van der Waals surface area contributed by atoms with Crippen LogP contribution in [0.3, 0.4) is 0 Å². The lowest BCUT2D eigenvalue weighted by molar-refractivity contribution is 0.211. The van der Waals surface area contributed by atoms with Crippen molar-refractivity contribution in [2.75, 3.05) is 23.7 Å². The number of para-hydroxylation sites is 1. The van der Waals surface area contributed by atoms with Crippen molar-refractivity contribution in [3.05, 3.63) is 84.6 Å². The number of hydrogen-bond acceptors (Lipinski definition) is 6. The van der Waals surface area contributed by atoms with Crippen molar-refractivity contribution in [3.8, 4) is 0 Å². The predicted molar refractivity (Wildman–Crippen MR) is 137 cm³/mol. The number of nitrogens with one attached hydrogen (secondary N) is 3. The highest BCUT2D eigenvalue weighted by Crippen LogP contribution is 2.27. The summed E-state index contributed by atoms with van der Waals surface area (Å²) in [6.45, 7) is 3.14. The molecule has 0 bridgehead atoms. The average Bonchev–Trinajstić information content (AvgIpc) is 3.34. The van der Waals surface area contributed by atoms with Crippen LogP contribution in [0, 0.1) is 0 Å². The Bertz CT molecular complexity index is 1400. The van der Waals surface area contributed by atoms with Crippen LogP contribution in [0.2, 0.25) is 0 Å². The first-order valence-corrected chi connectivity index (χ1v) is 11.8. The van der Waals surface area contributed by atoms with Gasteiger partial charge in [0, 0.05) is 42.1 Å². The van der Waals surface area contributed by atoms with Crippen LogP contribution in [-0.2, 0) is 6.54 Å². The molecule has 6 rings (SSSR count). The third-order valence-electron chi connectivity index (χ3n) is 6.48. The van der Waals surface area contributed by atoms with Crippen LogP contribution in [0.15, 0.2) is 79.0 Å². The van der Waals surface area contributed by atoms with E-state index in [0.717, 1.165) is 65.8 Å². The number of hydrogen-bond donors (Lipinski definition) is 3. The average molecular weight is 450 g/mol. The van der Waals surface area contributed by atoms with Crippen molar-refractivity contribution < 1.29 is 0 Å². The summed E-state index contributed by atoms with van der Waals surface area (Å²) in [5.74, 6) is 1.47. The Kier molecular flexibility index (Phi) is 5.53. The summed E-state index contributed by atoms with van der Waals surface area (Å²) in [5, 5.41) is 16.3. The van der Waals surface area contributed by atoms with Crippen molar-refractivity contribution in [2.45, 2.75) is 25.4 Å². The molecule has 34 heavy (non-hydrogen) atoms. The number of H-pyrrole nitrogens is 1. The first kappa shape index (κ1) is 20.6.